The van der Waals surface area contributed by atoms with E-state index in [0.717, 1.165) is 5.56 Å². The molecular weight excluding hydrogens is 298 g/mol. The third-order valence-electron chi connectivity index (χ3n) is 2.92. The molecule has 0 atom stereocenters. The van der Waals surface area contributed by atoms with Crippen molar-refractivity contribution in [1.29, 1.82) is 0 Å². The standard InChI is InChI=1S/C17H19NO5/c1-17(2,3)22-16(20)14-10-13(23-18-14)9-11-5-7-12(8-6-11)15(19)21-4/h5-8,10H,9H2,1-4H3. The van der Waals surface area contributed by atoms with Crippen molar-refractivity contribution in [2.45, 2.75) is 32.8 Å². The number of esters is 2. The van der Waals surface area contributed by atoms with Gasteiger partial charge in [0.05, 0.1) is 12.7 Å². The number of hydrogen-bond acceptors (Lipinski definition) is 6. The maximum absolute atomic E-state index is 11.9. The molecule has 6 heteroatoms. The minimum atomic E-state index is -0.583. The quantitative estimate of drug-likeness (QED) is 0.807. The summed E-state index contributed by atoms with van der Waals surface area (Å²) in [7, 11) is 1.34. The lowest BCUT2D eigenvalue weighted by Crippen LogP contribution is -2.24. The molecule has 0 aliphatic carbocycles. The van der Waals surface area contributed by atoms with Crippen LogP contribution in [0, 0.1) is 0 Å². The summed E-state index contributed by atoms with van der Waals surface area (Å²) in [5, 5.41) is 3.73. The van der Waals surface area contributed by atoms with Gasteiger partial charge >= 0.3 is 11.9 Å². The number of carbonyl (C=O) groups is 2. The smallest absolute Gasteiger partial charge is 0.361 e. The van der Waals surface area contributed by atoms with Gasteiger partial charge in [-0.2, -0.15) is 0 Å². The Morgan fingerprint density at radius 2 is 1.78 bits per heavy atom. The van der Waals surface area contributed by atoms with Crippen LogP contribution in [0.1, 0.15) is 52.9 Å². The van der Waals surface area contributed by atoms with Crippen LogP contribution in [0.25, 0.3) is 0 Å². The Kier molecular flexibility index (Phi) is 4.83. The summed E-state index contributed by atoms with van der Waals surface area (Å²) in [5.74, 6) is -0.367. The molecule has 0 N–H and O–H groups in total. The minimum absolute atomic E-state index is 0.140. The zero-order valence-electron chi connectivity index (χ0n) is 13.6. The molecule has 2 rings (SSSR count). The first kappa shape index (κ1) is 16.7. The summed E-state index contributed by atoms with van der Waals surface area (Å²) in [5.41, 5.74) is 0.953. The lowest BCUT2D eigenvalue weighted by atomic mass is 10.1. The summed E-state index contributed by atoms with van der Waals surface area (Å²) >= 11 is 0. The van der Waals surface area contributed by atoms with Crippen molar-refractivity contribution in [2.24, 2.45) is 0 Å². The second-order valence-corrected chi connectivity index (χ2v) is 6.05. The van der Waals surface area contributed by atoms with Crippen molar-refractivity contribution in [3.63, 3.8) is 0 Å². The third-order valence-corrected chi connectivity index (χ3v) is 2.92. The van der Waals surface area contributed by atoms with Gasteiger partial charge in [0.25, 0.3) is 0 Å². The highest BCUT2D eigenvalue weighted by Crippen LogP contribution is 2.15. The molecule has 1 aromatic carbocycles. The fourth-order valence-corrected chi connectivity index (χ4v) is 1.90. The molecule has 0 amide bonds. The Hall–Kier alpha value is -2.63. The van der Waals surface area contributed by atoms with E-state index in [1.54, 1.807) is 51.1 Å². The second kappa shape index (κ2) is 6.64. The summed E-state index contributed by atoms with van der Waals surface area (Å²) in [6, 6.07) is 8.49. The van der Waals surface area contributed by atoms with E-state index in [1.165, 1.54) is 7.11 Å². The molecule has 0 spiro atoms. The van der Waals surface area contributed by atoms with Crippen molar-refractivity contribution < 1.29 is 23.6 Å². The van der Waals surface area contributed by atoms with Gasteiger partial charge in [-0.1, -0.05) is 17.3 Å². The molecule has 122 valence electrons. The number of benzene rings is 1. The fraction of sp³-hybridized carbons (Fsp3) is 0.353. The number of aromatic nitrogens is 1. The largest absolute Gasteiger partial charge is 0.465 e. The van der Waals surface area contributed by atoms with Crippen LogP contribution in [-0.2, 0) is 15.9 Å². The first-order valence-electron chi connectivity index (χ1n) is 7.14. The summed E-state index contributed by atoms with van der Waals surface area (Å²) in [6.45, 7) is 5.36. The Bertz CT molecular complexity index is 695. The molecule has 0 fully saturated rings. The van der Waals surface area contributed by atoms with E-state index in [2.05, 4.69) is 9.89 Å². The van der Waals surface area contributed by atoms with Crippen LogP contribution < -0.4 is 0 Å². The van der Waals surface area contributed by atoms with Crippen molar-refractivity contribution >= 4 is 11.9 Å². The van der Waals surface area contributed by atoms with Crippen LogP contribution in [0.15, 0.2) is 34.9 Å². The molecule has 2 aromatic rings. The van der Waals surface area contributed by atoms with E-state index in [4.69, 9.17) is 9.26 Å². The van der Waals surface area contributed by atoms with Crippen LogP contribution in [0.5, 0.6) is 0 Å². The van der Waals surface area contributed by atoms with E-state index in [1.807, 2.05) is 0 Å². The zero-order valence-corrected chi connectivity index (χ0v) is 13.6. The fourth-order valence-electron chi connectivity index (χ4n) is 1.90. The SMILES string of the molecule is COC(=O)c1ccc(Cc2cc(C(=O)OC(C)(C)C)no2)cc1. The number of methoxy groups -OCH3 is 1. The van der Waals surface area contributed by atoms with E-state index in [9.17, 15) is 9.59 Å². The summed E-state index contributed by atoms with van der Waals surface area (Å²) in [4.78, 5) is 23.3. The Morgan fingerprint density at radius 1 is 1.13 bits per heavy atom. The maximum atomic E-state index is 11.9. The molecule has 0 saturated heterocycles. The Labute approximate surface area is 134 Å². The predicted octanol–water partition coefficient (Wildman–Crippen LogP) is 3.01. The highest BCUT2D eigenvalue weighted by Gasteiger charge is 2.21. The average molecular weight is 317 g/mol. The molecule has 0 bridgehead atoms. The van der Waals surface area contributed by atoms with Gasteiger partial charge in [-0.25, -0.2) is 9.59 Å². The van der Waals surface area contributed by atoms with Crippen LogP contribution in [0.4, 0.5) is 0 Å². The van der Waals surface area contributed by atoms with Gasteiger partial charge in [0.2, 0.25) is 0 Å². The molecule has 0 radical (unpaired) electrons. The highest BCUT2D eigenvalue weighted by molar-refractivity contribution is 5.89. The lowest BCUT2D eigenvalue weighted by Gasteiger charge is -2.18. The average Bonchev–Trinajstić information content (AvgIpc) is 2.94. The monoisotopic (exact) mass is 317 g/mol. The van der Waals surface area contributed by atoms with Gasteiger partial charge in [-0.3, -0.25) is 0 Å². The molecule has 0 unspecified atom stereocenters. The second-order valence-electron chi connectivity index (χ2n) is 6.05. The molecule has 1 aromatic heterocycles. The van der Waals surface area contributed by atoms with E-state index >= 15 is 0 Å². The van der Waals surface area contributed by atoms with Crippen LogP contribution >= 0.6 is 0 Å². The van der Waals surface area contributed by atoms with Crippen LogP contribution in [0.2, 0.25) is 0 Å². The van der Waals surface area contributed by atoms with E-state index in [0.29, 0.717) is 17.7 Å². The highest BCUT2D eigenvalue weighted by atomic mass is 16.6. The minimum Gasteiger partial charge on any atom is -0.465 e. The van der Waals surface area contributed by atoms with Gasteiger partial charge in [0, 0.05) is 12.5 Å². The number of rotatable bonds is 4. The van der Waals surface area contributed by atoms with Crippen molar-refractivity contribution in [3.8, 4) is 0 Å². The molecule has 0 aliphatic heterocycles. The van der Waals surface area contributed by atoms with Crippen molar-refractivity contribution in [3.05, 3.63) is 52.9 Å². The molecule has 0 aliphatic rings. The molecule has 1 heterocycles. The molecule has 6 nitrogen and oxygen atoms in total. The van der Waals surface area contributed by atoms with Gasteiger partial charge < -0.3 is 14.0 Å². The number of ether oxygens (including phenoxy) is 2. The van der Waals surface area contributed by atoms with Crippen molar-refractivity contribution in [2.75, 3.05) is 7.11 Å². The zero-order chi connectivity index (χ0) is 17.0. The van der Waals surface area contributed by atoms with Gasteiger partial charge in [0.1, 0.15) is 11.4 Å². The maximum Gasteiger partial charge on any atom is 0.361 e. The van der Waals surface area contributed by atoms with Crippen LogP contribution in [0.3, 0.4) is 0 Å². The molecule has 23 heavy (non-hydrogen) atoms. The van der Waals surface area contributed by atoms with Crippen LogP contribution in [-0.4, -0.2) is 29.8 Å². The number of hydrogen-bond donors (Lipinski definition) is 0. The molecule has 0 saturated carbocycles. The van der Waals surface area contributed by atoms with E-state index < -0.39 is 11.6 Å². The summed E-state index contributed by atoms with van der Waals surface area (Å²) < 4.78 is 15.0. The first-order chi connectivity index (χ1) is 10.8. The first-order valence-corrected chi connectivity index (χ1v) is 7.14. The lowest BCUT2D eigenvalue weighted by molar-refractivity contribution is 0.00586. The Morgan fingerprint density at radius 3 is 2.35 bits per heavy atom. The number of nitrogens with zero attached hydrogens (tertiary/aromatic N) is 1. The third kappa shape index (κ3) is 4.67. The van der Waals surface area contributed by atoms with Gasteiger partial charge in [0.15, 0.2) is 5.69 Å². The van der Waals surface area contributed by atoms with E-state index in [-0.39, 0.29) is 11.7 Å². The topological polar surface area (TPSA) is 78.6 Å². The van der Waals surface area contributed by atoms with Gasteiger partial charge in [-0.05, 0) is 38.5 Å². The number of carbonyl (C=O) groups excluding carboxylic acids is 2. The van der Waals surface area contributed by atoms with Crippen molar-refractivity contribution in [1.82, 2.24) is 5.16 Å². The molecular formula is C17H19NO5. The normalized spacial score (nSPS) is 11.1. The predicted molar refractivity (Wildman–Crippen MR) is 82.3 cm³/mol. The Balaban J connectivity index is 2.04. The summed E-state index contributed by atoms with van der Waals surface area (Å²) in [6.07, 6.45) is 0.456. The van der Waals surface area contributed by atoms with Gasteiger partial charge in [-0.15, -0.1) is 0 Å².